The molecule has 6 nitrogen and oxygen atoms in total. The van der Waals surface area contributed by atoms with Gasteiger partial charge in [-0.15, -0.1) is 0 Å². The van der Waals surface area contributed by atoms with Gasteiger partial charge in [0.15, 0.2) is 0 Å². The second-order valence-corrected chi connectivity index (χ2v) is 7.22. The van der Waals surface area contributed by atoms with Crippen molar-refractivity contribution in [3.05, 3.63) is 23.8 Å². The van der Waals surface area contributed by atoms with E-state index in [0.717, 1.165) is 5.69 Å². The third-order valence-electron chi connectivity index (χ3n) is 3.32. The summed E-state index contributed by atoms with van der Waals surface area (Å²) in [4.78, 5) is 12.8. The van der Waals surface area contributed by atoms with E-state index in [0.29, 0.717) is 25.2 Å². The van der Waals surface area contributed by atoms with E-state index in [2.05, 4.69) is 0 Å². The Morgan fingerprint density at radius 3 is 2.48 bits per heavy atom. The molecule has 0 fully saturated rings. The van der Waals surface area contributed by atoms with Crippen LogP contribution >= 0.6 is 0 Å². The number of nitrogen functional groups attached to an aromatic ring is 1. The van der Waals surface area contributed by atoms with E-state index in [1.807, 2.05) is 11.8 Å². The van der Waals surface area contributed by atoms with Crippen LogP contribution in [0.25, 0.3) is 0 Å². The minimum absolute atomic E-state index is 0.140. The summed E-state index contributed by atoms with van der Waals surface area (Å²) < 4.78 is 23.0. The molecule has 0 bridgehead atoms. The highest BCUT2D eigenvalue weighted by Crippen LogP contribution is 2.24. The first-order valence-corrected chi connectivity index (χ1v) is 8.71. The highest BCUT2D eigenvalue weighted by Gasteiger charge is 2.13. The molecular weight excluding hydrogens is 292 g/mol. The van der Waals surface area contributed by atoms with Crippen molar-refractivity contribution in [3.63, 3.8) is 0 Å². The largest absolute Gasteiger partial charge is 0.478 e. The van der Waals surface area contributed by atoms with Gasteiger partial charge < -0.3 is 15.7 Å². The van der Waals surface area contributed by atoms with Crippen LogP contribution in [-0.2, 0) is 9.84 Å². The summed E-state index contributed by atoms with van der Waals surface area (Å²) >= 11 is 0. The summed E-state index contributed by atoms with van der Waals surface area (Å²) in [5.74, 6) is -0.729. The fraction of sp³-hybridized carbons (Fsp3) is 0.500. The number of hydrogen-bond acceptors (Lipinski definition) is 5. The monoisotopic (exact) mass is 314 g/mol. The lowest BCUT2D eigenvalue weighted by Gasteiger charge is -2.24. The lowest BCUT2D eigenvalue weighted by atomic mass is 10.1. The standard InChI is InChI=1S/C14H22N2O4S/c1-3-16(8-5-9-21(19,20)4-2)13-7-6-11(14(17)18)10-12(13)15/h6-7,10H,3-5,8-9,15H2,1-2H3,(H,17,18). The van der Waals surface area contributed by atoms with Gasteiger partial charge in [0.2, 0.25) is 0 Å². The van der Waals surface area contributed by atoms with Crippen molar-refractivity contribution >= 4 is 27.2 Å². The Kier molecular flexibility index (Phi) is 6.02. The van der Waals surface area contributed by atoms with Gasteiger partial charge in [-0.1, -0.05) is 6.92 Å². The zero-order valence-electron chi connectivity index (χ0n) is 12.4. The van der Waals surface area contributed by atoms with Gasteiger partial charge in [0.05, 0.1) is 22.7 Å². The van der Waals surface area contributed by atoms with Gasteiger partial charge in [0, 0.05) is 18.8 Å². The van der Waals surface area contributed by atoms with Crippen LogP contribution < -0.4 is 10.6 Å². The number of carboxylic acid groups (broad SMARTS) is 1. The number of benzene rings is 1. The van der Waals surface area contributed by atoms with Crippen LogP contribution in [0.15, 0.2) is 18.2 Å². The number of aromatic carboxylic acids is 1. The molecule has 1 aromatic carbocycles. The number of hydrogen-bond donors (Lipinski definition) is 2. The Balaban J connectivity index is 2.79. The van der Waals surface area contributed by atoms with Gasteiger partial charge in [-0.25, -0.2) is 13.2 Å². The third kappa shape index (κ3) is 4.93. The van der Waals surface area contributed by atoms with Crippen LogP contribution in [0.2, 0.25) is 0 Å². The molecule has 0 unspecified atom stereocenters. The Morgan fingerprint density at radius 1 is 1.33 bits per heavy atom. The topological polar surface area (TPSA) is 101 Å². The normalized spacial score (nSPS) is 11.3. The van der Waals surface area contributed by atoms with Crippen molar-refractivity contribution in [2.24, 2.45) is 0 Å². The predicted octanol–water partition coefficient (Wildman–Crippen LogP) is 1.62. The molecule has 0 saturated carbocycles. The van der Waals surface area contributed by atoms with Crippen LogP contribution in [-0.4, -0.2) is 44.1 Å². The molecule has 118 valence electrons. The summed E-state index contributed by atoms with van der Waals surface area (Å²) in [5, 5.41) is 8.92. The molecule has 0 spiro atoms. The summed E-state index contributed by atoms with van der Waals surface area (Å²) in [5.41, 5.74) is 7.15. The molecule has 1 aromatic rings. The Bertz CT molecular complexity index is 599. The van der Waals surface area contributed by atoms with Crippen molar-refractivity contribution < 1.29 is 18.3 Å². The van der Waals surface area contributed by atoms with Crippen LogP contribution in [0, 0.1) is 0 Å². The van der Waals surface area contributed by atoms with Gasteiger partial charge >= 0.3 is 5.97 Å². The number of rotatable bonds is 8. The van der Waals surface area contributed by atoms with Gasteiger partial charge in [0.25, 0.3) is 0 Å². The fourth-order valence-corrected chi connectivity index (χ4v) is 2.90. The van der Waals surface area contributed by atoms with E-state index < -0.39 is 15.8 Å². The SMILES string of the molecule is CCN(CCCS(=O)(=O)CC)c1ccc(C(=O)O)cc1N. The first kappa shape index (κ1) is 17.3. The number of sulfone groups is 1. The van der Waals surface area contributed by atoms with Gasteiger partial charge in [-0.05, 0) is 31.5 Å². The predicted molar refractivity (Wildman–Crippen MR) is 84.6 cm³/mol. The maximum absolute atomic E-state index is 11.5. The molecule has 0 aliphatic rings. The highest BCUT2D eigenvalue weighted by atomic mass is 32.2. The average molecular weight is 314 g/mol. The van der Waals surface area contributed by atoms with Crippen molar-refractivity contribution in [1.82, 2.24) is 0 Å². The van der Waals surface area contributed by atoms with Crippen molar-refractivity contribution in [2.75, 3.05) is 35.2 Å². The maximum Gasteiger partial charge on any atom is 0.335 e. The molecule has 0 aliphatic carbocycles. The molecule has 21 heavy (non-hydrogen) atoms. The molecule has 0 saturated heterocycles. The molecule has 3 N–H and O–H groups in total. The second kappa shape index (κ2) is 7.31. The lowest BCUT2D eigenvalue weighted by Crippen LogP contribution is -2.27. The first-order valence-electron chi connectivity index (χ1n) is 6.89. The average Bonchev–Trinajstić information content (AvgIpc) is 2.44. The van der Waals surface area contributed by atoms with Gasteiger partial charge in [-0.3, -0.25) is 0 Å². The molecule has 7 heteroatoms. The number of anilines is 2. The lowest BCUT2D eigenvalue weighted by molar-refractivity contribution is 0.0697. The zero-order chi connectivity index (χ0) is 16.0. The molecule has 0 radical (unpaired) electrons. The minimum atomic E-state index is -2.97. The van der Waals surface area contributed by atoms with Crippen LogP contribution in [0.5, 0.6) is 0 Å². The van der Waals surface area contributed by atoms with Crippen molar-refractivity contribution in [3.8, 4) is 0 Å². The number of nitrogens with zero attached hydrogens (tertiary/aromatic N) is 1. The van der Waals surface area contributed by atoms with Crippen LogP contribution in [0.4, 0.5) is 11.4 Å². The quantitative estimate of drug-likeness (QED) is 0.707. The Hall–Kier alpha value is -1.76. The summed E-state index contributed by atoms with van der Waals surface area (Å²) in [7, 11) is -2.97. The molecule has 0 aromatic heterocycles. The van der Waals surface area contributed by atoms with Gasteiger partial charge in [-0.2, -0.15) is 0 Å². The highest BCUT2D eigenvalue weighted by molar-refractivity contribution is 7.91. The smallest absolute Gasteiger partial charge is 0.335 e. The number of carbonyl (C=O) groups is 1. The van der Waals surface area contributed by atoms with Crippen molar-refractivity contribution in [1.29, 1.82) is 0 Å². The molecule has 0 atom stereocenters. The third-order valence-corrected chi connectivity index (χ3v) is 5.11. The number of carboxylic acids is 1. The second-order valence-electron chi connectivity index (χ2n) is 4.75. The fourth-order valence-electron chi connectivity index (χ4n) is 2.04. The molecule has 0 heterocycles. The zero-order valence-corrected chi connectivity index (χ0v) is 13.2. The van der Waals surface area contributed by atoms with Crippen LogP contribution in [0.1, 0.15) is 30.6 Å². The van der Waals surface area contributed by atoms with E-state index in [4.69, 9.17) is 10.8 Å². The Labute approximate surface area is 125 Å². The Morgan fingerprint density at radius 2 is 2.00 bits per heavy atom. The van der Waals surface area contributed by atoms with Crippen molar-refractivity contribution in [2.45, 2.75) is 20.3 Å². The summed E-state index contributed by atoms with van der Waals surface area (Å²) in [6.07, 6.45) is 0.518. The summed E-state index contributed by atoms with van der Waals surface area (Å²) in [6, 6.07) is 4.58. The molecule has 0 amide bonds. The summed E-state index contributed by atoms with van der Waals surface area (Å²) in [6.45, 7) is 4.81. The maximum atomic E-state index is 11.5. The minimum Gasteiger partial charge on any atom is -0.478 e. The van der Waals surface area contributed by atoms with E-state index in [9.17, 15) is 13.2 Å². The van der Waals surface area contributed by atoms with E-state index in [1.54, 1.807) is 13.0 Å². The molecule has 0 aliphatic heterocycles. The number of nitrogens with two attached hydrogens (primary N) is 1. The first-order chi connectivity index (χ1) is 9.80. The van der Waals surface area contributed by atoms with E-state index in [-0.39, 0.29) is 17.1 Å². The van der Waals surface area contributed by atoms with E-state index >= 15 is 0 Å². The molecule has 1 rings (SSSR count). The van der Waals surface area contributed by atoms with Gasteiger partial charge in [0.1, 0.15) is 9.84 Å². The van der Waals surface area contributed by atoms with E-state index in [1.165, 1.54) is 12.1 Å². The van der Waals surface area contributed by atoms with Crippen LogP contribution in [0.3, 0.4) is 0 Å². The molecular formula is C14H22N2O4S.